The first-order chi connectivity index (χ1) is 8.09. The van der Waals surface area contributed by atoms with Crippen molar-refractivity contribution in [1.82, 2.24) is 0 Å². The van der Waals surface area contributed by atoms with Crippen molar-refractivity contribution >= 4 is 0 Å². The van der Waals surface area contributed by atoms with Crippen LogP contribution in [0.1, 0.15) is 49.7 Å². The molecule has 1 aromatic rings. The van der Waals surface area contributed by atoms with Gasteiger partial charge in [-0.05, 0) is 30.7 Å². The Morgan fingerprint density at radius 2 is 2.18 bits per heavy atom. The van der Waals surface area contributed by atoms with Crippen molar-refractivity contribution in [3.63, 3.8) is 0 Å². The number of hydrogen-bond acceptors (Lipinski definition) is 2. The largest absolute Gasteiger partial charge is 0.507 e. The van der Waals surface area contributed by atoms with Gasteiger partial charge in [0.1, 0.15) is 5.75 Å². The number of phenols is 1. The molecular weight excluding hydrogens is 219 g/mol. The maximum Gasteiger partial charge on any atom is 0.165 e. The Kier molecular flexibility index (Phi) is 2.32. The molecule has 0 spiro atoms. The summed E-state index contributed by atoms with van der Waals surface area (Å²) in [4.78, 5) is 0. The average Bonchev–Trinajstić information content (AvgIpc) is 3.06. The SMILES string of the molecule is C[C@@H]1COc2c(F)cc([C@@H](C)C3CC3)c(O)c21. The summed E-state index contributed by atoms with van der Waals surface area (Å²) in [6, 6.07) is 1.45. The summed E-state index contributed by atoms with van der Waals surface area (Å²) in [6.45, 7) is 4.48. The first-order valence-corrected chi connectivity index (χ1v) is 6.27. The molecule has 1 heterocycles. The zero-order valence-corrected chi connectivity index (χ0v) is 10.2. The topological polar surface area (TPSA) is 29.5 Å². The van der Waals surface area contributed by atoms with E-state index in [0.717, 1.165) is 5.56 Å². The van der Waals surface area contributed by atoms with Crippen molar-refractivity contribution in [2.45, 2.75) is 38.5 Å². The first-order valence-electron chi connectivity index (χ1n) is 6.27. The number of phenolic OH excluding ortho intramolecular Hbond substituents is 1. The number of fused-ring (bicyclic) bond motifs is 1. The van der Waals surface area contributed by atoms with Crippen LogP contribution in [0.15, 0.2) is 6.07 Å². The van der Waals surface area contributed by atoms with Gasteiger partial charge < -0.3 is 9.84 Å². The van der Waals surface area contributed by atoms with E-state index in [1.54, 1.807) is 0 Å². The molecular formula is C14H17FO2. The number of benzene rings is 1. The van der Waals surface area contributed by atoms with Crippen molar-refractivity contribution in [2.24, 2.45) is 5.92 Å². The molecule has 1 aromatic carbocycles. The third kappa shape index (κ3) is 1.60. The van der Waals surface area contributed by atoms with Gasteiger partial charge in [0.05, 0.1) is 6.61 Å². The van der Waals surface area contributed by atoms with Crippen molar-refractivity contribution in [3.05, 3.63) is 23.0 Å². The lowest BCUT2D eigenvalue weighted by molar-refractivity contribution is 0.322. The van der Waals surface area contributed by atoms with Gasteiger partial charge in [0, 0.05) is 17.0 Å². The van der Waals surface area contributed by atoms with Gasteiger partial charge >= 0.3 is 0 Å². The van der Waals surface area contributed by atoms with Crippen LogP contribution in [0.4, 0.5) is 4.39 Å². The van der Waals surface area contributed by atoms with Gasteiger partial charge in [0.2, 0.25) is 0 Å². The summed E-state index contributed by atoms with van der Waals surface area (Å²) in [5.41, 5.74) is 1.41. The molecule has 1 saturated carbocycles. The molecule has 1 aliphatic heterocycles. The number of ether oxygens (including phenoxy) is 1. The quantitative estimate of drug-likeness (QED) is 0.851. The molecule has 3 rings (SSSR count). The second kappa shape index (κ2) is 3.62. The molecule has 0 bridgehead atoms. The highest BCUT2D eigenvalue weighted by Crippen LogP contribution is 2.50. The smallest absolute Gasteiger partial charge is 0.165 e. The van der Waals surface area contributed by atoms with E-state index in [9.17, 15) is 9.50 Å². The Balaban J connectivity index is 2.11. The third-order valence-electron chi connectivity index (χ3n) is 4.06. The summed E-state index contributed by atoms with van der Waals surface area (Å²) < 4.78 is 19.2. The molecule has 2 aliphatic rings. The normalized spacial score (nSPS) is 24.3. The molecule has 17 heavy (non-hydrogen) atoms. The number of hydrogen-bond donors (Lipinski definition) is 1. The van der Waals surface area contributed by atoms with Gasteiger partial charge in [0.25, 0.3) is 0 Å². The molecule has 2 atom stereocenters. The van der Waals surface area contributed by atoms with Gasteiger partial charge in [-0.3, -0.25) is 0 Å². The van der Waals surface area contributed by atoms with E-state index in [-0.39, 0.29) is 29.2 Å². The van der Waals surface area contributed by atoms with E-state index < -0.39 is 0 Å². The van der Waals surface area contributed by atoms with Crippen LogP contribution < -0.4 is 4.74 Å². The van der Waals surface area contributed by atoms with Crippen molar-refractivity contribution < 1.29 is 14.2 Å². The first kappa shape index (κ1) is 10.9. The highest BCUT2D eigenvalue weighted by molar-refractivity contribution is 5.55. The van der Waals surface area contributed by atoms with Gasteiger partial charge in [-0.15, -0.1) is 0 Å². The van der Waals surface area contributed by atoms with Gasteiger partial charge in [-0.25, -0.2) is 4.39 Å². The average molecular weight is 236 g/mol. The number of halogens is 1. The van der Waals surface area contributed by atoms with Crippen LogP contribution in [0, 0.1) is 11.7 Å². The Bertz CT molecular complexity index is 466. The van der Waals surface area contributed by atoms with Crippen LogP contribution in [-0.2, 0) is 0 Å². The minimum absolute atomic E-state index is 0.0749. The Labute approximate surface area is 100 Å². The maximum atomic E-state index is 13.9. The monoisotopic (exact) mass is 236 g/mol. The van der Waals surface area contributed by atoms with Crippen molar-refractivity contribution in [1.29, 1.82) is 0 Å². The van der Waals surface area contributed by atoms with E-state index in [4.69, 9.17) is 4.74 Å². The van der Waals surface area contributed by atoms with Gasteiger partial charge in [0.15, 0.2) is 11.6 Å². The molecule has 2 nitrogen and oxygen atoms in total. The molecule has 0 amide bonds. The summed E-state index contributed by atoms with van der Waals surface area (Å²) in [5.74, 6) is 1.10. The highest BCUT2D eigenvalue weighted by atomic mass is 19.1. The molecule has 1 N–H and O–H groups in total. The van der Waals surface area contributed by atoms with Gasteiger partial charge in [-0.1, -0.05) is 13.8 Å². The molecule has 1 aliphatic carbocycles. The Morgan fingerprint density at radius 1 is 1.47 bits per heavy atom. The van der Waals surface area contributed by atoms with E-state index >= 15 is 0 Å². The van der Waals surface area contributed by atoms with E-state index in [2.05, 4.69) is 6.92 Å². The van der Waals surface area contributed by atoms with Crippen LogP contribution >= 0.6 is 0 Å². The summed E-state index contributed by atoms with van der Waals surface area (Å²) in [6.07, 6.45) is 2.37. The Morgan fingerprint density at radius 3 is 2.82 bits per heavy atom. The predicted molar refractivity (Wildman–Crippen MR) is 63.1 cm³/mol. The zero-order valence-electron chi connectivity index (χ0n) is 10.2. The summed E-state index contributed by atoms with van der Waals surface area (Å²) in [7, 11) is 0. The van der Waals surface area contributed by atoms with E-state index in [0.29, 0.717) is 18.1 Å². The minimum Gasteiger partial charge on any atom is -0.507 e. The highest BCUT2D eigenvalue weighted by Gasteiger charge is 2.35. The predicted octanol–water partition coefficient (Wildman–Crippen LogP) is 3.54. The molecule has 0 aromatic heterocycles. The second-order valence-corrected chi connectivity index (χ2v) is 5.38. The van der Waals surface area contributed by atoms with Gasteiger partial charge in [-0.2, -0.15) is 0 Å². The molecule has 3 heteroatoms. The number of rotatable bonds is 2. The Hall–Kier alpha value is -1.25. The van der Waals surface area contributed by atoms with E-state index in [1.165, 1.54) is 18.9 Å². The second-order valence-electron chi connectivity index (χ2n) is 5.38. The lowest BCUT2D eigenvalue weighted by Gasteiger charge is -2.16. The molecule has 1 fully saturated rings. The summed E-state index contributed by atoms with van der Waals surface area (Å²) >= 11 is 0. The fourth-order valence-electron chi connectivity index (χ4n) is 2.75. The maximum absolute atomic E-state index is 13.9. The van der Waals surface area contributed by atoms with Crippen LogP contribution in [0.2, 0.25) is 0 Å². The number of aromatic hydroxyl groups is 1. The van der Waals surface area contributed by atoms with Crippen LogP contribution in [-0.4, -0.2) is 11.7 Å². The molecule has 0 saturated heterocycles. The third-order valence-corrected chi connectivity index (χ3v) is 4.06. The van der Waals surface area contributed by atoms with Crippen LogP contribution in [0.5, 0.6) is 11.5 Å². The van der Waals surface area contributed by atoms with E-state index in [1.807, 2.05) is 6.92 Å². The summed E-state index contributed by atoms with van der Waals surface area (Å²) in [5, 5.41) is 10.3. The standard InChI is InChI=1S/C14H17FO2/c1-7-6-17-14-11(15)5-10(13(16)12(7)14)8(2)9-3-4-9/h5,7-9,16H,3-4,6H2,1-2H3/t7-,8+/m1/s1. The van der Waals surface area contributed by atoms with Crippen LogP contribution in [0.25, 0.3) is 0 Å². The fraction of sp³-hybridized carbons (Fsp3) is 0.571. The minimum atomic E-state index is -0.329. The van der Waals surface area contributed by atoms with Crippen molar-refractivity contribution in [3.8, 4) is 11.5 Å². The zero-order chi connectivity index (χ0) is 12.2. The lowest BCUT2D eigenvalue weighted by atomic mass is 9.90. The van der Waals surface area contributed by atoms with Crippen molar-refractivity contribution in [2.75, 3.05) is 6.61 Å². The molecule has 92 valence electrons. The lowest BCUT2D eigenvalue weighted by Crippen LogP contribution is -2.00. The fourth-order valence-corrected chi connectivity index (χ4v) is 2.75. The molecule has 0 unspecified atom stereocenters. The molecule has 0 radical (unpaired) electrons. The van der Waals surface area contributed by atoms with Crippen LogP contribution in [0.3, 0.4) is 0 Å².